The van der Waals surface area contributed by atoms with Crippen molar-refractivity contribution in [1.82, 2.24) is 19.5 Å². The molecule has 3 aromatic rings. The number of rotatable bonds is 3. The van der Waals surface area contributed by atoms with Gasteiger partial charge in [0.15, 0.2) is 0 Å². The Labute approximate surface area is 172 Å². The van der Waals surface area contributed by atoms with Gasteiger partial charge in [0.2, 0.25) is 0 Å². The third-order valence-electron chi connectivity index (χ3n) is 5.92. The number of hydrogen-bond acceptors (Lipinski definition) is 4. The number of halogens is 1. The smallest absolute Gasteiger partial charge is 0.296 e. The maximum atomic E-state index is 13.3. The van der Waals surface area contributed by atoms with Crippen LogP contribution < -0.4 is 0 Å². The minimum Gasteiger partial charge on any atom is -0.341 e. The number of likely N-dealkylation sites (tertiary alicyclic amines) is 1. The van der Waals surface area contributed by atoms with E-state index in [1.165, 1.54) is 12.1 Å². The highest BCUT2D eigenvalue weighted by Crippen LogP contribution is 2.31. The van der Waals surface area contributed by atoms with Gasteiger partial charge in [-0.1, -0.05) is 12.1 Å². The van der Waals surface area contributed by atoms with Crippen LogP contribution in [0, 0.1) is 5.82 Å². The van der Waals surface area contributed by atoms with E-state index < -0.39 is 5.91 Å². The van der Waals surface area contributed by atoms with Gasteiger partial charge in [-0.3, -0.25) is 14.8 Å². The Balaban J connectivity index is 1.67. The molecule has 2 aromatic heterocycles. The number of fused-ring (bicyclic) bond motifs is 3. The second-order valence-corrected chi connectivity index (χ2v) is 7.82. The molecule has 1 aromatic carbocycles. The molecule has 8 heteroatoms. The fourth-order valence-corrected chi connectivity index (χ4v) is 4.39. The molecule has 30 heavy (non-hydrogen) atoms. The summed E-state index contributed by atoms with van der Waals surface area (Å²) in [6.07, 6.45) is 5.78. The third-order valence-corrected chi connectivity index (χ3v) is 5.92. The van der Waals surface area contributed by atoms with E-state index in [4.69, 9.17) is 0 Å². The highest BCUT2D eigenvalue weighted by atomic mass is 19.1. The molecule has 0 saturated carbocycles. The molecule has 0 atom stereocenters. The molecule has 5 rings (SSSR count). The summed E-state index contributed by atoms with van der Waals surface area (Å²) < 4.78 is 15.2. The molecule has 0 unspecified atom stereocenters. The SMILES string of the molecule is O=C1c2ncc3c(c(C(=O)N4CCCC4)cn3Cc3ccc(F)cc3)c2CCN1O. The van der Waals surface area contributed by atoms with Crippen LogP contribution in [0.25, 0.3) is 10.9 Å². The molecule has 0 aliphatic carbocycles. The zero-order valence-corrected chi connectivity index (χ0v) is 16.3. The zero-order valence-electron chi connectivity index (χ0n) is 16.3. The Bertz CT molecular complexity index is 1150. The fraction of sp³-hybridized carbons (Fsp3) is 0.318. The zero-order chi connectivity index (χ0) is 20.8. The van der Waals surface area contributed by atoms with E-state index in [0.29, 0.717) is 29.2 Å². The molecule has 154 valence electrons. The summed E-state index contributed by atoms with van der Waals surface area (Å²) in [5.74, 6) is -0.907. The van der Waals surface area contributed by atoms with Crippen LogP contribution in [-0.2, 0) is 13.0 Å². The number of carbonyl (C=O) groups is 2. The minimum atomic E-state index is -0.552. The van der Waals surface area contributed by atoms with Gasteiger partial charge in [0.25, 0.3) is 11.8 Å². The number of benzene rings is 1. The van der Waals surface area contributed by atoms with E-state index in [1.54, 1.807) is 18.3 Å². The molecule has 2 amide bonds. The van der Waals surface area contributed by atoms with Gasteiger partial charge in [-0.15, -0.1) is 0 Å². The van der Waals surface area contributed by atoms with Crippen LogP contribution in [0.3, 0.4) is 0 Å². The molecule has 7 nitrogen and oxygen atoms in total. The molecule has 2 aliphatic rings. The Morgan fingerprint density at radius 3 is 2.60 bits per heavy atom. The number of carbonyl (C=O) groups excluding carboxylic acids is 2. The average molecular weight is 408 g/mol. The highest BCUT2D eigenvalue weighted by molar-refractivity contribution is 6.10. The maximum Gasteiger partial charge on any atom is 0.296 e. The lowest BCUT2D eigenvalue weighted by atomic mass is 9.98. The monoisotopic (exact) mass is 408 g/mol. The summed E-state index contributed by atoms with van der Waals surface area (Å²) in [6.45, 7) is 2.05. The van der Waals surface area contributed by atoms with E-state index in [-0.39, 0.29) is 24.0 Å². The van der Waals surface area contributed by atoms with Gasteiger partial charge in [0.05, 0.1) is 23.8 Å². The standard InChI is InChI=1S/C22H21FN4O3/c23-15-5-3-14(4-6-15)12-26-13-17(21(28)25-8-1-2-9-25)19-16-7-10-27(30)22(29)20(16)24-11-18(19)26/h3-6,11,13,30H,1-2,7-10,12H2. The number of aromatic nitrogens is 2. The molecule has 0 spiro atoms. The van der Waals surface area contributed by atoms with Crippen molar-refractivity contribution in [2.24, 2.45) is 0 Å². The van der Waals surface area contributed by atoms with E-state index in [0.717, 1.165) is 42.4 Å². The Morgan fingerprint density at radius 2 is 1.87 bits per heavy atom. The normalized spacial score (nSPS) is 16.4. The van der Waals surface area contributed by atoms with Crippen molar-refractivity contribution >= 4 is 22.7 Å². The van der Waals surface area contributed by atoms with Crippen LogP contribution in [0.2, 0.25) is 0 Å². The Kier molecular flexibility index (Phi) is 4.51. The van der Waals surface area contributed by atoms with E-state index in [1.807, 2.05) is 15.7 Å². The van der Waals surface area contributed by atoms with Crippen LogP contribution in [-0.4, -0.2) is 56.2 Å². The largest absolute Gasteiger partial charge is 0.341 e. The maximum absolute atomic E-state index is 13.3. The molecule has 0 radical (unpaired) electrons. The summed E-state index contributed by atoms with van der Waals surface area (Å²) in [7, 11) is 0. The molecular formula is C22H21FN4O3. The predicted molar refractivity (Wildman–Crippen MR) is 107 cm³/mol. The second-order valence-electron chi connectivity index (χ2n) is 7.82. The van der Waals surface area contributed by atoms with Crippen molar-refractivity contribution in [3.05, 3.63) is 64.9 Å². The van der Waals surface area contributed by atoms with Crippen LogP contribution >= 0.6 is 0 Å². The molecule has 1 saturated heterocycles. The van der Waals surface area contributed by atoms with E-state index in [9.17, 15) is 19.2 Å². The fourth-order valence-electron chi connectivity index (χ4n) is 4.39. The van der Waals surface area contributed by atoms with Crippen molar-refractivity contribution in [2.45, 2.75) is 25.8 Å². The lowest BCUT2D eigenvalue weighted by Gasteiger charge is -2.23. The lowest BCUT2D eigenvalue weighted by Crippen LogP contribution is -2.36. The second kappa shape index (κ2) is 7.21. The first kappa shape index (κ1) is 18.7. The van der Waals surface area contributed by atoms with Crippen molar-refractivity contribution in [2.75, 3.05) is 19.6 Å². The molecule has 1 fully saturated rings. The average Bonchev–Trinajstić information content (AvgIpc) is 3.41. The van der Waals surface area contributed by atoms with Crippen molar-refractivity contribution in [3.63, 3.8) is 0 Å². The van der Waals surface area contributed by atoms with E-state index in [2.05, 4.69) is 4.98 Å². The summed E-state index contributed by atoms with van der Waals surface area (Å²) in [6, 6.07) is 6.24. The number of pyridine rings is 1. The first-order valence-corrected chi connectivity index (χ1v) is 10.1. The first-order valence-electron chi connectivity index (χ1n) is 10.1. The molecular weight excluding hydrogens is 387 g/mol. The van der Waals surface area contributed by atoms with Crippen molar-refractivity contribution < 1.29 is 19.2 Å². The summed E-state index contributed by atoms with van der Waals surface area (Å²) in [4.78, 5) is 31.9. The quantitative estimate of drug-likeness (QED) is 0.676. The Morgan fingerprint density at radius 1 is 1.13 bits per heavy atom. The van der Waals surface area contributed by atoms with Crippen LogP contribution in [0.15, 0.2) is 36.7 Å². The minimum absolute atomic E-state index is 0.0531. The number of nitrogens with zero attached hydrogens (tertiary/aromatic N) is 4. The summed E-state index contributed by atoms with van der Waals surface area (Å²) in [5, 5.41) is 11.2. The van der Waals surface area contributed by atoms with Gasteiger partial charge in [0.1, 0.15) is 11.5 Å². The van der Waals surface area contributed by atoms with E-state index >= 15 is 0 Å². The van der Waals surface area contributed by atoms with Gasteiger partial charge in [-0.05, 0) is 42.5 Å². The predicted octanol–water partition coefficient (Wildman–Crippen LogP) is 2.85. The number of hydroxylamine groups is 2. The van der Waals surface area contributed by atoms with Gasteiger partial charge < -0.3 is 9.47 Å². The van der Waals surface area contributed by atoms with Gasteiger partial charge >= 0.3 is 0 Å². The van der Waals surface area contributed by atoms with Crippen molar-refractivity contribution in [1.29, 1.82) is 0 Å². The third kappa shape index (κ3) is 3.04. The van der Waals surface area contributed by atoms with Crippen molar-refractivity contribution in [3.8, 4) is 0 Å². The molecule has 1 N–H and O–H groups in total. The van der Waals surface area contributed by atoms with Gasteiger partial charge in [-0.2, -0.15) is 0 Å². The summed E-state index contributed by atoms with van der Waals surface area (Å²) in [5.41, 5.74) is 3.07. The first-order chi connectivity index (χ1) is 14.5. The molecule has 0 bridgehead atoms. The van der Waals surface area contributed by atoms with Crippen LogP contribution in [0.1, 0.15) is 44.8 Å². The van der Waals surface area contributed by atoms with Crippen LogP contribution in [0.5, 0.6) is 0 Å². The van der Waals surface area contributed by atoms with Crippen LogP contribution in [0.4, 0.5) is 4.39 Å². The molecule has 4 heterocycles. The summed E-state index contributed by atoms with van der Waals surface area (Å²) >= 11 is 0. The van der Waals surface area contributed by atoms with Gasteiger partial charge in [0, 0.05) is 31.2 Å². The topological polar surface area (TPSA) is 78.7 Å². The lowest BCUT2D eigenvalue weighted by molar-refractivity contribution is -0.0606. The Hall–Kier alpha value is -3.26. The highest BCUT2D eigenvalue weighted by Gasteiger charge is 2.31. The number of hydrogen-bond donors (Lipinski definition) is 1. The van der Waals surface area contributed by atoms with Gasteiger partial charge in [-0.25, -0.2) is 14.4 Å². The molecule has 2 aliphatic heterocycles. The number of amides is 2.